The molecule has 44 heavy (non-hydrogen) atoms. The first kappa shape index (κ1) is 34.7. The summed E-state index contributed by atoms with van der Waals surface area (Å²) in [6.45, 7) is -1.26. The lowest BCUT2D eigenvalue weighted by atomic mass is 9.72. The number of aliphatic hydroxyl groups excluding tert-OH is 10. The molecule has 0 amide bonds. The normalized spacial score (nSPS) is 53.7. The minimum atomic E-state index is -1.65. The van der Waals surface area contributed by atoms with Crippen LogP contribution in [0.15, 0.2) is 0 Å². The molecule has 3 aliphatic heterocycles. The van der Waals surface area contributed by atoms with Crippen LogP contribution in [0, 0.1) is 11.8 Å². The minimum absolute atomic E-state index is 0.122. The molecule has 5 fully saturated rings. The predicted octanol–water partition coefficient (Wildman–Crippen LogP) is -5.03. The largest absolute Gasteiger partial charge is 0.427 e. The average molecular weight is 642 g/mol. The summed E-state index contributed by atoms with van der Waals surface area (Å²) in [7, 11) is 1.52. The third kappa shape index (κ3) is 6.96. The van der Waals surface area contributed by atoms with E-state index < -0.39 is 123 Å². The summed E-state index contributed by atoms with van der Waals surface area (Å²) in [6.07, 6.45) is -17.0. The third-order valence-electron chi connectivity index (χ3n) is 10.1. The topological polar surface area (TPSA) is 261 Å². The van der Waals surface area contributed by atoms with Crippen molar-refractivity contribution in [3.05, 3.63) is 0 Å². The van der Waals surface area contributed by atoms with Crippen molar-refractivity contribution in [2.75, 3.05) is 20.3 Å². The van der Waals surface area contributed by atoms with Crippen molar-refractivity contribution in [2.45, 2.75) is 143 Å². The molecule has 19 atom stereocenters. The highest BCUT2D eigenvalue weighted by atomic mass is 16.7. The van der Waals surface area contributed by atoms with Crippen LogP contribution in [0.4, 0.5) is 0 Å². The second kappa shape index (κ2) is 14.6. The average Bonchev–Trinajstić information content (AvgIpc) is 3.01. The van der Waals surface area contributed by atoms with Gasteiger partial charge in [0, 0.05) is 25.9 Å². The van der Waals surface area contributed by atoms with Gasteiger partial charge in [0.2, 0.25) is 0 Å². The van der Waals surface area contributed by atoms with E-state index in [0.717, 1.165) is 0 Å². The maximum atomic E-state index is 10.8. The van der Waals surface area contributed by atoms with E-state index in [1.54, 1.807) is 0 Å². The Labute approximate surface area is 254 Å². The molecule has 16 nitrogen and oxygen atoms in total. The molecular formula is C28H49O16+. The van der Waals surface area contributed by atoms with Gasteiger partial charge in [-0.2, -0.15) is 0 Å². The summed E-state index contributed by atoms with van der Waals surface area (Å²) < 4.78 is 34.3. The van der Waals surface area contributed by atoms with Gasteiger partial charge in [-0.15, -0.1) is 0 Å². The molecule has 2 saturated carbocycles. The van der Waals surface area contributed by atoms with Gasteiger partial charge in [0.05, 0.1) is 43.5 Å². The van der Waals surface area contributed by atoms with E-state index in [-0.39, 0.29) is 18.8 Å². The molecule has 0 aromatic heterocycles. The Bertz CT molecular complexity index is 911. The van der Waals surface area contributed by atoms with Gasteiger partial charge < -0.3 is 79.5 Å². The maximum Gasteiger partial charge on any atom is 0.187 e. The molecule has 16 heteroatoms. The van der Waals surface area contributed by atoms with Crippen LogP contribution in [0.25, 0.3) is 0 Å². The number of rotatable bonds is 8. The van der Waals surface area contributed by atoms with Crippen molar-refractivity contribution in [3.8, 4) is 0 Å². The fourth-order valence-electron chi connectivity index (χ4n) is 7.58. The van der Waals surface area contributed by atoms with Crippen molar-refractivity contribution in [1.82, 2.24) is 0 Å². The van der Waals surface area contributed by atoms with Gasteiger partial charge in [0.1, 0.15) is 54.9 Å². The third-order valence-corrected chi connectivity index (χ3v) is 10.1. The molecule has 5 rings (SSSR count). The molecule has 256 valence electrons. The van der Waals surface area contributed by atoms with Gasteiger partial charge in [-0.05, 0) is 25.7 Å². The number of fused-ring (bicyclic) bond motifs is 1. The molecule has 0 aromatic rings. The molecule has 19 unspecified atom stereocenters. The molecule has 0 aromatic carbocycles. The van der Waals surface area contributed by atoms with E-state index in [0.29, 0.717) is 25.7 Å². The quantitative estimate of drug-likeness (QED) is 0.111. The highest BCUT2D eigenvalue weighted by molar-refractivity contribution is 5.00. The summed E-state index contributed by atoms with van der Waals surface area (Å²) >= 11 is 0. The molecule has 0 radical (unpaired) electrons. The SMILES string of the molecule is COC1CC(C2[OH+]C3CC(O)CC(OC4OC(CO)C(O)C(O)C4O)C3CC2OC2OC(CO)C(O)C(O)C2O)CCC1O. The van der Waals surface area contributed by atoms with Gasteiger partial charge in [0.25, 0.3) is 0 Å². The highest BCUT2D eigenvalue weighted by Gasteiger charge is 2.56. The number of aliphatic hydroxyl groups is 12. The summed E-state index contributed by atoms with van der Waals surface area (Å²) in [5, 5.41) is 103. The van der Waals surface area contributed by atoms with Gasteiger partial charge in [0.15, 0.2) is 24.8 Å². The van der Waals surface area contributed by atoms with Crippen molar-refractivity contribution in [2.24, 2.45) is 11.8 Å². The van der Waals surface area contributed by atoms with E-state index in [1.807, 2.05) is 0 Å². The van der Waals surface area contributed by atoms with E-state index in [2.05, 4.69) is 0 Å². The fourth-order valence-corrected chi connectivity index (χ4v) is 7.58. The Kier molecular flexibility index (Phi) is 11.5. The lowest BCUT2D eigenvalue weighted by molar-refractivity contribution is -0.367. The molecule has 3 heterocycles. The molecular weight excluding hydrogens is 592 g/mol. The lowest BCUT2D eigenvalue weighted by Gasteiger charge is -2.50. The number of ether oxygens (including phenoxy) is 6. The molecule has 2 aliphatic carbocycles. The maximum absolute atomic E-state index is 10.8. The summed E-state index contributed by atoms with van der Waals surface area (Å²) in [4.78, 5) is 0. The monoisotopic (exact) mass is 641 g/mol. The van der Waals surface area contributed by atoms with E-state index in [1.165, 1.54) is 7.11 Å². The highest BCUT2D eigenvalue weighted by Crippen LogP contribution is 2.44. The molecule has 0 bridgehead atoms. The van der Waals surface area contributed by atoms with E-state index in [4.69, 9.17) is 28.4 Å². The smallest absolute Gasteiger partial charge is 0.187 e. The van der Waals surface area contributed by atoms with Gasteiger partial charge in [-0.1, -0.05) is 0 Å². The van der Waals surface area contributed by atoms with Gasteiger partial charge in [-0.3, -0.25) is 0 Å². The number of methoxy groups -OCH3 is 1. The van der Waals surface area contributed by atoms with Crippen LogP contribution in [0.5, 0.6) is 0 Å². The van der Waals surface area contributed by atoms with E-state index >= 15 is 0 Å². The molecule has 3 saturated heterocycles. The Morgan fingerprint density at radius 2 is 1.20 bits per heavy atom. The van der Waals surface area contributed by atoms with Crippen LogP contribution >= 0.6 is 0 Å². The zero-order valence-electron chi connectivity index (χ0n) is 24.6. The predicted molar refractivity (Wildman–Crippen MR) is 145 cm³/mol. The van der Waals surface area contributed by atoms with Gasteiger partial charge >= 0.3 is 0 Å². The van der Waals surface area contributed by atoms with Crippen LogP contribution in [0.2, 0.25) is 0 Å². The molecule has 5 aliphatic rings. The zero-order valence-corrected chi connectivity index (χ0v) is 24.6. The Balaban J connectivity index is 1.39. The Morgan fingerprint density at radius 1 is 0.636 bits per heavy atom. The minimum Gasteiger partial charge on any atom is -0.427 e. The van der Waals surface area contributed by atoms with Crippen LogP contribution in [0.3, 0.4) is 0 Å². The molecule has 11 N–H and O–H groups in total. The number of hydrogen-bond donors (Lipinski definition) is 10. The van der Waals surface area contributed by atoms with Crippen LogP contribution < -0.4 is 0 Å². The lowest BCUT2D eigenvalue weighted by Crippen LogP contribution is -2.64. The number of hydrogen-bond acceptors (Lipinski definition) is 15. The van der Waals surface area contributed by atoms with Crippen molar-refractivity contribution < 1.29 is 79.5 Å². The Hall–Kier alpha value is -0.640. The summed E-state index contributed by atoms with van der Waals surface area (Å²) in [6, 6.07) is 0. The summed E-state index contributed by atoms with van der Waals surface area (Å²) in [5.74, 6) is -0.535. The first-order valence-electron chi connectivity index (χ1n) is 15.5. The second-order valence-electron chi connectivity index (χ2n) is 12.9. The Morgan fingerprint density at radius 3 is 1.75 bits per heavy atom. The van der Waals surface area contributed by atoms with Crippen molar-refractivity contribution in [1.29, 1.82) is 0 Å². The second-order valence-corrected chi connectivity index (χ2v) is 12.9. The fraction of sp³-hybridized carbons (Fsp3) is 1.00. The van der Waals surface area contributed by atoms with Crippen LogP contribution in [-0.2, 0) is 23.7 Å². The van der Waals surface area contributed by atoms with Gasteiger partial charge in [-0.25, -0.2) is 0 Å². The molecule has 0 spiro atoms. The first-order chi connectivity index (χ1) is 21.0. The van der Waals surface area contributed by atoms with Crippen LogP contribution in [-0.4, -0.2) is 180 Å². The van der Waals surface area contributed by atoms with Crippen LogP contribution in [0.1, 0.15) is 38.5 Å². The summed E-state index contributed by atoms with van der Waals surface area (Å²) in [5.41, 5.74) is 0. The van der Waals surface area contributed by atoms with Crippen molar-refractivity contribution >= 4 is 0 Å². The first-order valence-corrected chi connectivity index (χ1v) is 15.5. The standard InChI is InChI=1S/C28H48O16/c1-39-16-4-10(2-3-13(16)32)26-17(42-28-25(38)23(36)21(34)19(9-30)44-28)7-12-14(40-26)5-11(31)6-15(12)41-27-24(37)22(35)20(33)18(8-29)43-27/h10-38H,2-9H2,1H3/p+1. The zero-order chi connectivity index (χ0) is 31.9. The van der Waals surface area contributed by atoms with E-state index in [9.17, 15) is 51.1 Å². The van der Waals surface area contributed by atoms with Crippen molar-refractivity contribution in [3.63, 3.8) is 0 Å².